The number of aryl methyl sites for hydroxylation is 1. The number of unbranched alkanes of at least 4 members (excludes halogenated alkanes) is 1. The van der Waals surface area contributed by atoms with Gasteiger partial charge in [0.2, 0.25) is 12.1 Å². The molecule has 4 rings (SSSR count). The highest BCUT2D eigenvalue weighted by molar-refractivity contribution is 6.32. The molecule has 0 fully saturated rings. The van der Waals surface area contributed by atoms with Gasteiger partial charge >= 0.3 is 12.1 Å². The number of rotatable bonds is 19. The van der Waals surface area contributed by atoms with Gasteiger partial charge in [0.1, 0.15) is 18.0 Å². The van der Waals surface area contributed by atoms with Crippen molar-refractivity contribution in [3.8, 4) is 22.5 Å². The van der Waals surface area contributed by atoms with Crippen molar-refractivity contribution >= 4 is 23.7 Å². The number of aromatic nitrogens is 6. The van der Waals surface area contributed by atoms with Gasteiger partial charge in [-0.05, 0) is 47.6 Å². The van der Waals surface area contributed by atoms with Crippen LogP contribution in [0.1, 0.15) is 68.8 Å². The molecule has 4 atom stereocenters. The van der Waals surface area contributed by atoms with E-state index < -0.39 is 46.7 Å². The van der Waals surface area contributed by atoms with E-state index in [2.05, 4.69) is 35.3 Å². The van der Waals surface area contributed by atoms with Crippen LogP contribution in [0.15, 0.2) is 48.5 Å². The summed E-state index contributed by atoms with van der Waals surface area (Å²) < 4.78 is 17.1. The summed E-state index contributed by atoms with van der Waals surface area (Å²) in [6.07, 6.45) is -3.01. The third-order valence-corrected chi connectivity index (χ3v) is 8.15. The zero-order chi connectivity index (χ0) is 37.8. The van der Waals surface area contributed by atoms with Crippen molar-refractivity contribution in [1.82, 2.24) is 30.2 Å². The van der Waals surface area contributed by atoms with E-state index in [1.165, 1.54) is 20.8 Å². The molecule has 0 bridgehead atoms. The first-order valence-electron chi connectivity index (χ1n) is 16.2. The summed E-state index contributed by atoms with van der Waals surface area (Å²) in [6, 6.07) is 15.4. The van der Waals surface area contributed by atoms with Crippen molar-refractivity contribution in [1.29, 1.82) is 0 Å². The fraction of sp³-hybridized carbons (Fsp3) is 0.438. The van der Waals surface area contributed by atoms with Crippen LogP contribution in [0.2, 0.25) is 5.15 Å². The molecule has 0 saturated heterocycles. The molecule has 20 heteroatoms. The van der Waals surface area contributed by atoms with Crippen LogP contribution in [0, 0.1) is 26.1 Å². The van der Waals surface area contributed by atoms with E-state index in [9.17, 15) is 29.8 Å². The van der Waals surface area contributed by atoms with Gasteiger partial charge in [0.15, 0.2) is 10.8 Å². The lowest BCUT2D eigenvalue weighted by atomic mass is 9.97. The number of ether oxygens (including phenoxy) is 3. The molecule has 1 N–H and O–H groups in total. The Morgan fingerprint density at radius 1 is 0.981 bits per heavy atom. The van der Waals surface area contributed by atoms with Gasteiger partial charge in [-0.15, -0.1) is 30.4 Å². The fourth-order valence-corrected chi connectivity index (χ4v) is 5.65. The predicted molar refractivity (Wildman–Crippen MR) is 181 cm³/mol. The third-order valence-electron chi connectivity index (χ3n) is 7.88. The van der Waals surface area contributed by atoms with Gasteiger partial charge in [-0.25, -0.2) is 14.6 Å². The Hall–Kier alpha value is -5.85. The van der Waals surface area contributed by atoms with Gasteiger partial charge in [-0.1, -0.05) is 80.4 Å². The van der Waals surface area contributed by atoms with Crippen molar-refractivity contribution in [3.63, 3.8) is 0 Å². The van der Waals surface area contributed by atoms with Crippen LogP contribution < -0.4 is 0 Å². The number of nitrogens with zero attached hydrogens (tertiary/aromatic N) is 7. The quantitative estimate of drug-likeness (QED) is 0.0529. The summed E-state index contributed by atoms with van der Waals surface area (Å²) in [5, 5.41) is 33.6. The van der Waals surface area contributed by atoms with Crippen LogP contribution in [0.5, 0.6) is 0 Å². The van der Waals surface area contributed by atoms with E-state index in [-0.39, 0.29) is 30.4 Å². The van der Waals surface area contributed by atoms with E-state index in [1.54, 1.807) is 4.57 Å². The predicted octanol–water partition coefficient (Wildman–Crippen LogP) is 5.63. The molecule has 52 heavy (non-hydrogen) atoms. The molecule has 0 amide bonds. The van der Waals surface area contributed by atoms with Crippen LogP contribution in [0.4, 0.5) is 4.79 Å². The highest BCUT2D eigenvalue weighted by Crippen LogP contribution is 2.30. The Morgan fingerprint density at radius 3 is 2.31 bits per heavy atom. The number of halogens is 1. The van der Waals surface area contributed by atoms with E-state index in [0.29, 0.717) is 18.1 Å². The van der Waals surface area contributed by atoms with Crippen molar-refractivity contribution in [2.24, 2.45) is 5.92 Å². The number of hydrogen-bond donors (Lipinski definition) is 1. The molecular formula is C32H37ClN8O11. The monoisotopic (exact) mass is 744 g/mol. The third kappa shape index (κ3) is 10.6. The van der Waals surface area contributed by atoms with Gasteiger partial charge in [-0.2, -0.15) is 5.21 Å². The van der Waals surface area contributed by atoms with Crippen molar-refractivity contribution in [2.75, 3.05) is 6.61 Å². The average molecular weight is 745 g/mol. The molecule has 0 aliphatic carbocycles. The van der Waals surface area contributed by atoms with Crippen molar-refractivity contribution in [3.05, 3.63) is 91.0 Å². The first-order chi connectivity index (χ1) is 24.9. The second-order valence-electron chi connectivity index (χ2n) is 11.6. The molecule has 4 aromatic rings. The first-order valence-corrected chi connectivity index (χ1v) is 16.6. The minimum Gasteiger partial charge on any atom is -0.434 e. The maximum absolute atomic E-state index is 13.4. The van der Waals surface area contributed by atoms with Gasteiger partial charge in [-0.3, -0.25) is 0 Å². The molecule has 278 valence electrons. The molecule has 0 saturated carbocycles. The van der Waals surface area contributed by atoms with Crippen LogP contribution in [0.3, 0.4) is 0 Å². The number of benzene rings is 2. The van der Waals surface area contributed by atoms with Crippen LogP contribution in [0.25, 0.3) is 22.5 Å². The van der Waals surface area contributed by atoms with Gasteiger partial charge in [0.25, 0.3) is 10.2 Å². The topological polar surface area (TPSA) is 239 Å². The van der Waals surface area contributed by atoms with E-state index in [1.807, 2.05) is 55.5 Å². The summed E-state index contributed by atoms with van der Waals surface area (Å²) in [6.45, 7) is 6.00. The SMILES string of the molecule is CCCCc1nc(Cl)c(C(=O)OC(C)OC(=O)OCCC(C)[C@@H](O[N+](=O)[O-])[C@@H](C)O[N+](=O)[O-])n1Cc1ccc(-c2ccccc2-c2nn[nH]n2)cc1. The van der Waals surface area contributed by atoms with Crippen molar-refractivity contribution in [2.45, 2.75) is 78.4 Å². The highest BCUT2D eigenvalue weighted by Gasteiger charge is 2.31. The molecule has 2 heterocycles. The number of aromatic amines is 1. The molecule has 2 unspecified atom stereocenters. The number of esters is 1. The van der Waals surface area contributed by atoms with Crippen molar-refractivity contribution < 1.29 is 43.6 Å². The summed E-state index contributed by atoms with van der Waals surface area (Å²) in [5.41, 5.74) is 3.43. The normalized spacial score (nSPS) is 13.3. The molecule has 0 aliphatic rings. The van der Waals surface area contributed by atoms with E-state index in [0.717, 1.165) is 35.1 Å². The van der Waals surface area contributed by atoms with E-state index in [4.69, 9.17) is 25.8 Å². The lowest BCUT2D eigenvalue weighted by Crippen LogP contribution is -2.38. The number of hydrogen-bond acceptors (Lipinski definition) is 15. The Morgan fingerprint density at radius 2 is 1.67 bits per heavy atom. The second kappa shape index (κ2) is 18.4. The zero-order valence-electron chi connectivity index (χ0n) is 28.7. The number of tetrazole rings is 1. The Balaban J connectivity index is 1.40. The fourth-order valence-electron chi connectivity index (χ4n) is 5.38. The first kappa shape index (κ1) is 38.9. The van der Waals surface area contributed by atoms with Gasteiger partial charge in [0.05, 0.1) is 6.61 Å². The molecule has 2 aromatic carbocycles. The molecular weight excluding hydrogens is 708 g/mol. The largest absolute Gasteiger partial charge is 0.511 e. The number of nitrogens with one attached hydrogen (secondary N) is 1. The molecule has 0 aliphatic heterocycles. The highest BCUT2D eigenvalue weighted by atomic mass is 35.5. The number of H-pyrrole nitrogens is 1. The molecule has 0 spiro atoms. The smallest absolute Gasteiger partial charge is 0.434 e. The number of carbonyl (C=O) groups excluding carboxylic acids is 2. The summed E-state index contributed by atoms with van der Waals surface area (Å²) in [7, 11) is 0. The second-order valence-corrected chi connectivity index (χ2v) is 12.0. The van der Waals surface area contributed by atoms with E-state index >= 15 is 0 Å². The summed E-state index contributed by atoms with van der Waals surface area (Å²) in [4.78, 5) is 60.7. The summed E-state index contributed by atoms with van der Waals surface area (Å²) in [5.74, 6) is -0.566. The van der Waals surface area contributed by atoms with Crippen LogP contribution in [-0.2, 0) is 36.9 Å². The Labute approximate surface area is 301 Å². The lowest BCUT2D eigenvalue weighted by Gasteiger charge is -2.25. The van der Waals surface area contributed by atoms with Crippen LogP contribution in [-0.4, -0.2) is 77.6 Å². The minimum atomic E-state index is -1.41. The maximum Gasteiger partial charge on any atom is 0.511 e. The minimum absolute atomic E-state index is 0.00514. The van der Waals surface area contributed by atoms with Gasteiger partial charge in [0, 0.05) is 25.5 Å². The van der Waals surface area contributed by atoms with Gasteiger partial charge < -0.3 is 28.5 Å². The molecule has 2 aromatic heterocycles. The zero-order valence-corrected chi connectivity index (χ0v) is 29.4. The number of carbonyl (C=O) groups is 2. The number of imidazole rings is 1. The Kier molecular flexibility index (Phi) is 13.8. The molecule has 0 radical (unpaired) electrons. The lowest BCUT2D eigenvalue weighted by molar-refractivity contribution is -0.799. The maximum atomic E-state index is 13.4. The summed E-state index contributed by atoms with van der Waals surface area (Å²) >= 11 is 6.47. The average Bonchev–Trinajstić information content (AvgIpc) is 3.74. The van der Waals surface area contributed by atoms with Crippen LogP contribution >= 0.6 is 11.6 Å². The standard InChI is InChI=1S/C32H37ClN8O11/c1-5-6-11-26-34-29(33)27(39(26)18-22-12-14-23(15-13-22)24-9-7-8-10-25(24)30-35-37-38-36-30)31(42)49-21(4)50-32(43)48-17-16-19(2)28(52-41(46)47)20(3)51-40(44)45/h7-10,12-15,19-21,28H,5-6,11,16-18H2,1-4H3,(H,35,36,37,38)/t19?,20-,21?,28-/m1/s1. The Bertz CT molecular complexity index is 1820. The molecule has 19 nitrogen and oxygen atoms in total.